The average molecular weight is 288 g/mol. The van der Waals surface area contributed by atoms with Gasteiger partial charge in [0.05, 0.1) is 6.04 Å². The molecule has 0 bridgehead atoms. The highest BCUT2D eigenvalue weighted by molar-refractivity contribution is 6.03. The fourth-order valence-corrected chi connectivity index (χ4v) is 2.80. The summed E-state index contributed by atoms with van der Waals surface area (Å²) in [4.78, 5) is 26.6. The summed E-state index contributed by atoms with van der Waals surface area (Å²) >= 11 is 0. The molecule has 0 radical (unpaired) electrons. The molecule has 114 valence electrons. The number of Topliss-reactive ketones (excluding diaryl/α,β-unsaturated/α-hetero) is 1. The van der Waals surface area contributed by atoms with Crippen LogP contribution in [0.4, 0.5) is 4.79 Å². The Morgan fingerprint density at radius 3 is 2.81 bits per heavy atom. The van der Waals surface area contributed by atoms with Gasteiger partial charge in [0, 0.05) is 18.7 Å². The Morgan fingerprint density at radius 2 is 2.10 bits per heavy atom. The molecule has 1 aromatic carbocycles. The molecule has 1 saturated heterocycles. The highest BCUT2D eigenvalue weighted by atomic mass is 16.2. The van der Waals surface area contributed by atoms with Crippen LogP contribution in [-0.2, 0) is 0 Å². The van der Waals surface area contributed by atoms with Crippen LogP contribution in [-0.4, -0.2) is 35.8 Å². The Labute approximate surface area is 126 Å². The summed E-state index contributed by atoms with van der Waals surface area (Å²) in [6, 6.07) is 5.48. The van der Waals surface area contributed by atoms with Crippen LogP contribution in [0.1, 0.15) is 47.7 Å². The Kier molecular flexibility index (Phi) is 4.99. The summed E-state index contributed by atoms with van der Waals surface area (Å²) in [6.45, 7) is 7.26. The van der Waals surface area contributed by atoms with Crippen molar-refractivity contribution < 1.29 is 9.59 Å². The van der Waals surface area contributed by atoms with Gasteiger partial charge < -0.3 is 10.2 Å². The van der Waals surface area contributed by atoms with E-state index < -0.39 is 0 Å². The first-order valence-corrected chi connectivity index (χ1v) is 7.70. The van der Waals surface area contributed by atoms with E-state index in [2.05, 4.69) is 5.32 Å². The molecular formula is C17H24N2O2. The number of amides is 2. The molecule has 1 heterocycles. The number of urea groups is 1. The van der Waals surface area contributed by atoms with Crippen molar-refractivity contribution in [2.75, 3.05) is 13.1 Å². The molecule has 1 atom stereocenters. The van der Waals surface area contributed by atoms with Crippen molar-refractivity contribution in [1.29, 1.82) is 0 Å². The molecule has 2 amide bonds. The van der Waals surface area contributed by atoms with Gasteiger partial charge in [0.1, 0.15) is 0 Å². The van der Waals surface area contributed by atoms with Gasteiger partial charge in [0.25, 0.3) is 0 Å². The van der Waals surface area contributed by atoms with Crippen molar-refractivity contribution in [3.05, 3.63) is 34.9 Å². The van der Waals surface area contributed by atoms with Crippen molar-refractivity contribution in [2.45, 2.75) is 46.1 Å². The van der Waals surface area contributed by atoms with Gasteiger partial charge in [-0.3, -0.25) is 4.79 Å². The molecule has 1 aromatic rings. The first-order valence-electron chi connectivity index (χ1n) is 7.70. The Morgan fingerprint density at radius 1 is 1.33 bits per heavy atom. The molecule has 4 nitrogen and oxygen atoms in total. The number of nitrogens with zero attached hydrogens (tertiary/aromatic N) is 1. The molecule has 0 aliphatic carbocycles. The minimum absolute atomic E-state index is 0.0698. The molecule has 1 fully saturated rings. The van der Waals surface area contributed by atoms with Gasteiger partial charge in [0.2, 0.25) is 0 Å². The normalized spacial score (nSPS) is 17.9. The van der Waals surface area contributed by atoms with E-state index in [0.29, 0.717) is 13.1 Å². The van der Waals surface area contributed by atoms with Crippen molar-refractivity contribution >= 4 is 11.8 Å². The molecule has 0 aromatic heterocycles. The van der Waals surface area contributed by atoms with Gasteiger partial charge in [-0.1, -0.05) is 24.6 Å². The van der Waals surface area contributed by atoms with E-state index in [1.165, 1.54) is 0 Å². The minimum atomic E-state index is -0.317. The lowest BCUT2D eigenvalue weighted by Gasteiger charge is -2.24. The number of hydrogen-bond acceptors (Lipinski definition) is 2. The van der Waals surface area contributed by atoms with Gasteiger partial charge in [0.15, 0.2) is 5.78 Å². The SMILES string of the molecule is CCCNC(=O)N1CCCC1C(=O)c1cc(C)ccc1C. The molecule has 0 saturated carbocycles. The molecule has 21 heavy (non-hydrogen) atoms. The maximum absolute atomic E-state index is 12.8. The third-order valence-corrected chi connectivity index (χ3v) is 4.00. The number of carbonyl (C=O) groups is 2. The molecule has 2 rings (SSSR count). The van der Waals surface area contributed by atoms with E-state index >= 15 is 0 Å². The molecule has 4 heteroatoms. The Balaban J connectivity index is 2.17. The summed E-state index contributed by atoms with van der Waals surface area (Å²) in [5.74, 6) is 0.0698. The maximum Gasteiger partial charge on any atom is 0.318 e. The van der Waals surface area contributed by atoms with E-state index in [9.17, 15) is 9.59 Å². The molecule has 1 unspecified atom stereocenters. The second kappa shape index (κ2) is 6.74. The highest BCUT2D eigenvalue weighted by Gasteiger charge is 2.34. The van der Waals surface area contributed by atoms with Gasteiger partial charge in [-0.2, -0.15) is 0 Å². The smallest absolute Gasteiger partial charge is 0.318 e. The van der Waals surface area contributed by atoms with E-state index in [1.807, 2.05) is 39.0 Å². The number of rotatable bonds is 4. The number of hydrogen-bond donors (Lipinski definition) is 1. The number of nitrogens with one attached hydrogen (secondary N) is 1. The first-order chi connectivity index (χ1) is 10.0. The van der Waals surface area contributed by atoms with Crippen molar-refractivity contribution in [2.24, 2.45) is 0 Å². The molecular weight excluding hydrogens is 264 g/mol. The molecule has 1 N–H and O–H groups in total. The lowest BCUT2D eigenvalue weighted by molar-refractivity contribution is 0.0886. The van der Waals surface area contributed by atoms with Crippen molar-refractivity contribution in [3.8, 4) is 0 Å². The van der Waals surface area contributed by atoms with Gasteiger partial charge in [-0.25, -0.2) is 4.79 Å². The number of aryl methyl sites for hydroxylation is 2. The van der Waals surface area contributed by atoms with E-state index in [1.54, 1.807) is 4.90 Å². The zero-order chi connectivity index (χ0) is 15.4. The third-order valence-electron chi connectivity index (χ3n) is 4.00. The van der Waals surface area contributed by atoms with Crippen LogP contribution in [0.15, 0.2) is 18.2 Å². The van der Waals surface area contributed by atoms with E-state index in [0.717, 1.165) is 36.0 Å². The predicted octanol–water partition coefficient (Wildman–Crippen LogP) is 3.07. The van der Waals surface area contributed by atoms with Crippen LogP contribution < -0.4 is 5.32 Å². The fraction of sp³-hybridized carbons (Fsp3) is 0.529. The Bertz CT molecular complexity index is 540. The van der Waals surface area contributed by atoms with Crippen LogP contribution in [0.2, 0.25) is 0 Å². The largest absolute Gasteiger partial charge is 0.338 e. The topological polar surface area (TPSA) is 49.4 Å². The van der Waals surface area contributed by atoms with Crippen molar-refractivity contribution in [1.82, 2.24) is 10.2 Å². The molecule has 1 aliphatic heterocycles. The maximum atomic E-state index is 12.8. The lowest BCUT2D eigenvalue weighted by atomic mass is 9.96. The van der Waals surface area contributed by atoms with E-state index in [4.69, 9.17) is 0 Å². The van der Waals surface area contributed by atoms with Crippen LogP contribution in [0, 0.1) is 13.8 Å². The van der Waals surface area contributed by atoms with Gasteiger partial charge in [-0.05, 0) is 44.7 Å². The van der Waals surface area contributed by atoms with Gasteiger partial charge >= 0.3 is 6.03 Å². The van der Waals surface area contributed by atoms with Crippen molar-refractivity contribution in [3.63, 3.8) is 0 Å². The van der Waals surface area contributed by atoms with Crippen LogP contribution in [0.5, 0.6) is 0 Å². The monoisotopic (exact) mass is 288 g/mol. The summed E-state index contributed by atoms with van der Waals surface area (Å²) in [6.07, 6.45) is 2.54. The number of benzene rings is 1. The van der Waals surface area contributed by atoms with Crippen LogP contribution in [0.25, 0.3) is 0 Å². The third kappa shape index (κ3) is 3.43. The zero-order valence-electron chi connectivity index (χ0n) is 13.1. The standard InChI is InChI=1S/C17H24N2O2/c1-4-9-18-17(21)19-10-5-6-15(19)16(20)14-11-12(2)7-8-13(14)3/h7-8,11,15H,4-6,9-10H2,1-3H3,(H,18,21). The quantitative estimate of drug-likeness (QED) is 0.866. The molecule has 1 aliphatic rings. The summed E-state index contributed by atoms with van der Waals surface area (Å²) in [5.41, 5.74) is 2.80. The fourth-order valence-electron chi connectivity index (χ4n) is 2.80. The highest BCUT2D eigenvalue weighted by Crippen LogP contribution is 2.23. The first kappa shape index (κ1) is 15.5. The summed E-state index contributed by atoms with van der Waals surface area (Å²) in [7, 11) is 0. The zero-order valence-corrected chi connectivity index (χ0v) is 13.1. The summed E-state index contributed by atoms with van der Waals surface area (Å²) < 4.78 is 0. The van der Waals surface area contributed by atoms with Crippen LogP contribution >= 0.6 is 0 Å². The predicted molar refractivity (Wildman–Crippen MR) is 83.7 cm³/mol. The Hall–Kier alpha value is -1.84. The lowest BCUT2D eigenvalue weighted by Crippen LogP contribution is -2.46. The number of carbonyl (C=O) groups excluding carboxylic acids is 2. The number of ketones is 1. The number of likely N-dealkylation sites (tertiary alicyclic amines) is 1. The summed E-state index contributed by atoms with van der Waals surface area (Å²) in [5, 5.41) is 2.87. The average Bonchev–Trinajstić information content (AvgIpc) is 2.96. The van der Waals surface area contributed by atoms with E-state index in [-0.39, 0.29) is 17.9 Å². The second-order valence-electron chi connectivity index (χ2n) is 5.77. The minimum Gasteiger partial charge on any atom is -0.338 e. The molecule has 0 spiro atoms. The van der Waals surface area contributed by atoms with Gasteiger partial charge in [-0.15, -0.1) is 0 Å². The second-order valence-corrected chi connectivity index (χ2v) is 5.77. The van der Waals surface area contributed by atoms with Crippen LogP contribution in [0.3, 0.4) is 0 Å².